The van der Waals surface area contributed by atoms with Crippen LogP contribution in [0.25, 0.3) is 0 Å². The Morgan fingerprint density at radius 1 is 0.810 bits per heavy atom. The van der Waals surface area contributed by atoms with Gasteiger partial charge in [-0.25, -0.2) is 17.6 Å². The molecule has 0 aliphatic carbocycles. The first-order valence-corrected chi connectivity index (χ1v) is 6.64. The van der Waals surface area contributed by atoms with Crippen LogP contribution in [-0.4, -0.2) is 12.5 Å². The molecular weight excluding hydrogens is 308 g/mol. The maximum absolute atomic E-state index is 13.3. The maximum Gasteiger partial charge on any atom is 0.159 e. The lowest BCUT2D eigenvalue weighted by Crippen LogP contribution is -2.09. The molecule has 0 radical (unpaired) electrons. The zero-order valence-electron chi connectivity index (χ0n) is 10.8. The Labute approximate surface area is 124 Å². The molecule has 0 saturated carbocycles. The first kappa shape index (κ1) is 15.8. The first-order valence-electron chi connectivity index (χ1n) is 6.10. The summed E-state index contributed by atoms with van der Waals surface area (Å²) in [5.74, 6) is -3.92. The lowest BCUT2D eigenvalue weighted by atomic mass is 10.0. The summed E-state index contributed by atoms with van der Waals surface area (Å²) in [6.45, 7) is 0.115. The van der Waals surface area contributed by atoms with Crippen molar-refractivity contribution in [3.05, 3.63) is 70.8 Å². The van der Waals surface area contributed by atoms with Crippen molar-refractivity contribution in [1.29, 1.82) is 0 Å². The van der Waals surface area contributed by atoms with E-state index in [1.54, 1.807) is 0 Å². The van der Waals surface area contributed by atoms with E-state index in [-0.39, 0.29) is 23.6 Å². The van der Waals surface area contributed by atoms with Gasteiger partial charge in [-0.2, -0.15) is 0 Å². The van der Waals surface area contributed by atoms with Crippen LogP contribution < -0.4 is 0 Å². The van der Waals surface area contributed by atoms with Crippen LogP contribution in [0.15, 0.2) is 36.4 Å². The number of hydrogen-bond donors (Lipinski definition) is 0. The smallest absolute Gasteiger partial charge is 0.159 e. The predicted molar refractivity (Wildman–Crippen MR) is 71.2 cm³/mol. The van der Waals surface area contributed by atoms with Crippen LogP contribution in [0.1, 0.15) is 17.2 Å². The number of halogens is 5. The maximum atomic E-state index is 13.3. The van der Waals surface area contributed by atoms with Crippen molar-refractivity contribution >= 4 is 11.6 Å². The number of rotatable bonds is 5. The zero-order valence-corrected chi connectivity index (χ0v) is 11.5. The molecule has 2 aromatic rings. The summed E-state index contributed by atoms with van der Waals surface area (Å²) in [6.07, 6.45) is -0.867. The molecule has 2 rings (SSSR count). The molecule has 0 aliphatic rings. The molecule has 0 atom stereocenters. The molecule has 0 saturated heterocycles. The molecule has 0 N–H and O–H groups in total. The minimum absolute atomic E-state index is 0.115. The van der Waals surface area contributed by atoms with Gasteiger partial charge < -0.3 is 4.74 Å². The van der Waals surface area contributed by atoms with E-state index < -0.39 is 29.4 Å². The summed E-state index contributed by atoms with van der Waals surface area (Å²) < 4.78 is 58.1. The van der Waals surface area contributed by atoms with Gasteiger partial charge in [0.25, 0.3) is 0 Å². The monoisotopic (exact) mass is 318 g/mol. The fourth-order valence-corrected chi connectivity index (χ4v) is 1.99. The highest BCUT2D eigenvalue weighted by Gasteiger charge is 2.18. The molecule has 0 aromatic heterocycles. The van der Waals surface area contributed by atoms with Crippen molar-refractivity contribution in [2.45, 2.75) is 6.10 Å². The fraction of sp³-hybridized carbons (Fsp3) is 0.200. The predicted octanol–water partition coefficient (Wildman–Crippen LogP) is 4.59. The van der Waals surface area contributed by atoms with E-state index in [1.807, 2.05) is 0 Å². The average molecular weight is 319 g/mol. The second-order valence-electron chi connectivity index (χ2n) is 4.29. The van der Waals surface area contributed by atoms with Crippen LogP contribution in [0.3, 0.4) is 0 Å². The van der Waals surface area contributed by atoms with Gasteiger partial charge in [0.1, 0.15) is 6.10 Å². The molecule has 0 unspecified atom stereocenters. The largest absolute Gasteiger partial charge is 0.368 e. The fourth-order valence-electron chi connectivity index (χ4n) is 1.90. The zero-order chi connectivity index (χ0) is 15.4. The summed E-state index contributed by atoms with van der Waals surface area (Å²) in [5, 5.41) is 0. The lowest BCUT2D eigenvalue weighted by Gasteiger charge is -2.19. The van der Waals surface area contributed by atoms with Crippen molar-refractivity contribution in [2.24, 2.45) is 0 Å². The first-order chi connectivity index (χ1) is 10.0. The molecule has 21 heavy (non-hydrogen) atoms. The summed E-state index contributed by atoms with van der Waals surface area (Å²) in [6, 6.07) is 6.44. The Kier molecular flexibility index (Phi) is 5.20. The van der Waals surface area contributed by atoms with Crippen LogP contribution in [0.2, 0.25) is 0 Å². The lowest BCUT2D eigenvalue weighted by molar-refractivity contribution is 0.0922. The van der Waals surface area contributed by atoms with Gasteiger partial charge in [0.05, 0.1) is 6.61 Å². The average Bonchev–Trinajstić information content (AvgIpc) is 2.46. The minimum Gasteiger partial charge on any atom is -0.368 e. The summed E-state index contributed by atoms with van der Waals surface area (Å²) in [5.41, 5.74) is 0.565. The topological polar surface area (TPSA) is 9.23 Å². The van der Waals surface area contributed by atoms with Crippen molar-refractivity contribution in [2.75, 3.05) is 12.5 Å². The van der Waals surface area contributed by atoms with E-state index >= 15 is 0 Å². The third-order valence-electron chi connectivity index (χ3n) is 2.85. The number of ether oxygens (including phenoxy) is 1. The van der Waals surface area contributed by atoms with Gasteiger partial charge in [0.2, 0.25) is 0 Å². The second kappa shape index (κ2) is 6.91. The molecule has 6 heteroatoms. The Morgan fingerprint density at radius 2 is 1.29 bits per heavy atom. The van der Waals surface area contributed by atoms with Crippen molar-refractivity contribution < 1.29 is 22.3 Å². The van der Waals surface area contributed by atoms with Crippen LogP contribution >= 0.6 is 11.6 Å². The summed E-state index contributed by atoms with van der Waals surface area (Å²) >= 11 is 5.54. The van der Waals surface area contributed by atoms with E-state index in [2.05, 4.69) is 0 Å². The van der Waals surface area contributed by atoms with E-state index in [9.17, 15) is 17.6 Å². The van der Waals surface area contributed by atoms with Crippen molar-refractivity contribution in [3.63, 3.8) is 0 Å². The molecule has 112 valence electrons. The normalized spacial score (nSPS) is 11.1. The van der Waals surface area contributed by atoms with Gasteiger partial charge in [-0.15, -0.1) is 11.6 Å². The molecule has 0 amide bonds. The molecular formula is C15H11ClF4O. The third-order valence-corrected chi connectivity index (χ3v) is 3.01. The van der Waals surface area contributed by atoms with Crippen LogP contribution in [-0.2, 0) is 4.74 Å². The quantitative estimate of drug-likeness (QED) is 0.579. The van der Waals surface area contributed by atoms with E-state index in [4.69, 9.17) is 16.3 Å². The highest BCUT2D eigenvalue weighted by atomic mass is 35.5. The summed E-state index contributed by atoms with van der Waals surface area (Å²) in [7, 11) is 0. The summed E-state index contributed by atoms with van der Waals surface area (Å²) in [4.78, 5) is 0. The molecule has 1 nitrogen and oxygen atoms in total. The van der Waals surface area contributed by atoms with Crippen LogP contribution in [0.5, 0.6) is 0 Å². The van der Waals surface area contributed by atoms with Crippen molar-refractivity contribution in [3.8, 4) is 0 Å². The third kappa shape index (κ3) is 3.74. The van der Waals surface area contributed by atoms with E-state index in [0.717, 1.165) is 24.3 Å². The SMILES string of the molecule is Fc1ccc(C(OCCCl)c2ccc(F)c(F)c2)cc1F. The van der Waals surface area contributed by atoms with Gasteiger partial charge in [-0.3, -0.25) is 0 Å². The standard InChI is InChI=1S/C15H11ClF4O/c16-5-6-21-15(9-1-3-11(17)13(19)7-9)10-2-4-12(18)14(20)8-10/h1-4,7-8,15H,5-6H2. The molecule has 2 aromatic carbocycles. The van der Waals surface area contributed by atoms with Crippen molar-refractivity contribution in [1.82, 2.24) is 0 Å². The number of hydrogen-bond acceptors (Lipinski definition) is 1. The molecule has 0 heterocycles. The molecule has 0 aliphatic heterocycles. The van der Waals surface area contributed by atoms with Gasteiger partial charge >= 0.3 is 0 Å². The highest BCUT2D eigenvalue weighted by molar-refractivity contribution is 6.17. The van der Waals surface area contributed by atoms with Gasteiger partial charge in [-0.05, 0) is 35.4 Å². The minimum atomic E-state index is -1.05. The molecule has 0 bridgehead atoms. The van der Waals surface area contributed by atoms with Crippen LogP contribution in [0.4, 0.5) is 17.6 Å². The van der Waals surface area contributed by atoms with Gasteiger partial charge in [-0.1, -0.05) is 12.1 Å². The molecule has 0 spiro atoms. The van der Waals surface area contributed by atoms with Gasteiger partial charge in [0.15, 0.2) is 23.3 Å². The highest BCUT2D eigenvalue weighted by Crippen LogP contribution is 2.28. The Bertz CT molecular complexity index is 582. The van der Waals surface area contributed by atoms with Gasteiger partial charge in [0, 0.05) is 5.88 Å². The number of benzene rings is 2. The van der Waals surface area contributed by atoms with E-state index in [1.165, 1.54) is 12.1 Å². The van der Waals surface area contributed by atoms with Crippen LogP contribution in [0, 0.1) is 23.3 Å². The Morgan fingerprint density at radius 3 is 1.67 bits per heavy atom. The second-order valence-corrected chi connectivity index (χ2v) is 4.66. The Hall–Kier alpha value is -1.59. The molecule has 0 fully saturated rings. The van der Waals surface area contributed by atoms with E-state index in [0.29, 0.717) is 0 Å². The number of alkyl halides is 1. The Balaban J connectivity index is 2.41.